The summed E-state index contributed by atoms with van der Waals surface area (Å²) < 4.78 is 4.79. The van der Waals surface area contributed by atoms with E-state index in [0.29, 0.717) is 22.8 Å². The Hall–Kier alpha value is -2.11. The van der Waals surface area contributed by atoms with Crippen LogP contribution in [0.4, 0.5) is 0 Å². The van der Waals surface area contributed by atoms with Gasteiger partial charge in [0.1, 0.15) is 5.69 Å². The highest BCUT2D eigenvalue weighted by Gasteiger charge is 2.16. The predicted molar refractivity (Wildman–Crippen MR) is 49.8 cm³/mol. The molecule has 0 aliphatic carbocycles. The smallest absolute Gasteiger partial charge is 0.357 e. The second-order valence-electron chi connectivity index (χ2n) is 2.87. The number of carbonyl (C=O) groups is 1. The topological polar surface area (TPSA) is 77.2 Å². The van der Waals surface area contributed by atoms with Crippen LogP contribution in [0.2, 0.25) is 0 Å². The summed E-state index contributed by atoms with van der Waals surface area (Å²) in [6, 6.07) is 3.03. The van der Waals surface area contributed by atoms with E-state index in [1.54, 1.807) is 13.0 Å². The van der Waals surface area contributed by atoms with Crippen LogP contribution in [0.3, 0.4) is 0 Å². The number of fused-ring (bicyclic) bond motifs is 1. The van der Waals surface area contributed by atoms with Gasteiger partial charge in [0.2, 0.25) is 0 Å². The molecule has 0 aromatic carbocycles. The molecule has 0 saturated carbocycles. The van der Waals surface area contributed by atoms with Crippen molar-refractivity contribution >= 4 is 5.97 Å². The van der Waals surface area contributed by atoms with Gasteiger partial charge in [-0.15, -0.1) is 9.94 Å². The van der Waals surface area contributed by atoms with Crippen LogP contribution in [0, 0.1) is 0 Å². The first kappa shape index (κ1) is 9.45. The van der Waals surface area contributed by atoms with Crippen molar-refractivity contribution in [1.82, 2.24) is 14.9 Å². The molecule has 0 spiro atoms. The van der Waals surface area contributed by atoms with Crippen LogP contribution in [-0.4, -0.2) is 32.7 Å². The number of nitrogens with zero attached hydrogens (tertiary/aromatic N) is 3. The molecule has 2 rings (SSSR count). The fourth-order valence-corrected chi connectivity index (χ4v) is 1.22. The van der Waals surface area contributed by atoms with E-state index in [1.807, 2.05) is 0 Å². The molecule has 15 heavy (non-hydrogen) atoms. The Bertz CT molecular complexity index is 466. The summed E-state index contributed by atoms with van der Waals surface area (Å²) >= 11 is 0. The van der Waals surface area contributed by atoms with Crippen molar-refractivity contribution in [2.45, 2.75) is 6.92 Å². The summed E-state index contributed by atoms with van der Waals surface area (Å²) in [7, 11) is 0. The molecule has 0 aromatic heterocycles. The van der Waals surface area contributed by atoms with Crippen molar-refractivity contribution in [2.24, 2.45) is 0 Å². The summed E-state index contributed by atoms with van der Waals surface area (Å²) in [4.78, 5) is 16.0. The van der Waals surface area contributed by atoms with Crippen molar-refractivity contribution in [3.8, 4) is 11.4 Å². The van der Waals surface area contributed by atoms with Crippen molar-refractivity contribution in [3.63, 3.8) is 0 Å². The van der Waals surface area contributed by atoms with Gasteiger partial charge in [0, 0.05) is 6.07 Å². The van der Waals surface area contributed by atoms with Gasteiger partial charge in [0.15, 0.2) is 5.69 Å². The lowest BCUT2D eigenvalue weighted by molar-refractivity contribution is 0.0520. The zero-order valence-corrected chi connectivity index (χ0v) is 8.04. The first-order valence-corrected chi connectivity index (χ1v) is 4.43. The van der Waals surface area contributed by atoms with Crippen LogP contribution >= 0.6 is 0 Å². The van der Waals surface area contributed by atoms with Crippen molar-refractivity contribution in [1.29, 1.82) is 0 Å². The Labute approximate surface area is 85.4 Å². The van der Waals surface area contributed by atoms with Gasteiger partial charge in [0.25, 0.3) is 0 Å². The van der Waals surface area contributed by atoms with Gasteiger partial charge >= 0.3 is 5.97 Å². The molecule has 2 aliphatic rings. The summed E-state index contributed by atoms with van der Waals surface area (Å²) in [5.41, 5.74) is 1.19. The Morgan fingerprint density at radius 2 is 2.40 bits per heavy atom. The number of aromatic nitrogens is 3. The molecule has 6 nitrogen and oxygen atoms in total. The fourth-order valence-electron chi connectivity index (χ4n) is 1.22. The molecule has 0 saturated heterocycles. The standard InChI is InChI=1S/C9H9N3O3/c1-2-15-9(13)8-5-7-6(10-8)3-4-12(14)11-7/h3-5,14H,2H2,1H3. The molecule has 2 heterocycles. The minimum absolute atomic E-state index is 0.200. The van der Waals surface area contributed by atoms with Crippen LogP contribution < -0.4 is 0 Å². The molecule has 6 heteroatoms. The third-order valence-electron chi connectivity index (χ3n) is 1.84. The molecular weight excluding hydrogens is 198 g/mol. The van der Waals surface area contributed by atoms with Gasteiger partial charge < -0.3 is 9.94 Å². The van der Waals surface area contributed by atoms with Crippen LogP contribution in [0.15, 0.2) is 18.3 Å². The van der Waals surface area contributed by atoms with E-state index in [1.165, 1.54) is 12.3 Å². The number of rotatable bonds is 2. The van der Waals surface area contributed by atoms with E-state index < -0.39 is 5.97 Å². The average molecular weight is 207 g/mol. The van der Waals surface area contributed by atoms with Crippen LogP contribution in [0.5, 0.6) is 0 Å². The van der Waals surface area contributed by atoms with E-state index in [9.17, 15) is 4.79 Å². The summed E-state index contributed by atoms with van der Waals surface area (Å²) in [5.74, 6) is -0.486. The second kappa shape index (κ2) is 3.56. The molecule has 0 bridgehead atoms. The maximum Gasteiger partial charge on any atom is 0.357 e. The summed E-state index contributed by atoms with van der Waals surface area (Å²) in [6.45, 7) is 2.02. The minimum atomic E-state index is -0.486. The quantitative estimate of drug-likeness (QED) is 0.582. The molecule has 2 aliphatic heterocycles. The molecule has 0 unspecified atom stereocenters. The van der Waals surface area contributed by atoms with Gasteiger partial charge in [-0.3, -0.25) is 0 Å². The monoisotopic (exact) mass is 207 g/mol. The second-order valence-corrected chi connectivity index (χ2v) is 2.87. The van der Waals surface area contributed by atoms with E-state index in [4.69, 9.17) is 9.94 Å². The van der Waals surface area contributed by atoms with Crippen molar-refractivity contribution in [3.05, 3.63) is 24.0 Å². The van der Waals surface area contributed by atoms with E-state index in [2.05, 4.69) is 10.1 Å². The summed E-state index contributed by atoms with van der Waals surface area (Å²) in [5, 5.41) is 12.8. The lowest BCUT2D eigenvalue weighted by atomic mass is 10.3. The molecule has 78 valence electrons. The van der Waals surface area contributed by atoms with Crippen molar-refractivity contribution < 1.29 is 14.7 Å². The van der Waals surface area contributed by atoms with Crippen LogP contribution in [0.25, 0.3) is 11.4 Å². The lowest BCUT2D eigenvalue weighted by Crippen LogP contribution is -2.04. The summed E-state index contributed by atoms with van der Waals surface area (Å²) in [6.07, 6.45) is 1.34. The molecular formula is C9H9N3O3. The number of esters is 1. The molecule has 0 amide bonds. The van der Waals surface area contributed by atoms with E-state index >= 15 is 0 Å². The molecule has 0 aromatic rings. The Morgan fingerprint density at radius 1 is 1.60 bits per heavy atom. The van der Waals surface area contributed by atoms with Gasteiger partial charge in [-0.05, 0) is 13.0 Å². The highest BCUT2D eigenvalue weighted by molar-refractivity contribution is 5.89. The SMILES string of the molecule is CCOC(=O)c1cc2nn(O)ccc-2n1. The number of ether oxygens (including phenoxy) is 1. The highest BCUT2D eigenvalue weighted by atomic mass is 16.5. The third kappa shape index (κ3) is 1.74. The molecule has 0 radical (unpaired) electrons. The maximum absolute atomic E-state index is 11.3. The third-order valence-corrected chi connectivity index (χ3v) is 1.84. The Morgan fingerprint density at radius 3 is 3.13 bits per heavy atom. The number of carbonyl (C=O) groups excluding carboxylic acids is 1. The van der Waals surface area contributed by atoms with Gasteiger partial charge in [0.05, 0.1) is 18.5 Å². The zero-order valence-electron chi connectivity index (χ0n) is 8.04. The largest absolute Gasteiger partial charge is 0.461 e. The molecule has 1 N–H and O–H groups in total. The average Bonchev–Trinajstić information content (AvgIpc) is 2.60. The lowest BCUT2D eigenvalue weighted by Gasteiger charge is -1.96. The number of hydrogen-bond acceptors (Lipinski definition) is 5. The number of hydrogen-bond donors (Lipinski definition) is 1. The highest BCUT2D eigenvalue weighted by Crippen LogP contribution is 2.18. The normalized spacial score (nSPS) is 10.5. The molecule has 0 atom stereocenters. The Balaban J connectivity index is 2.39. The van der Waals surface area contributed by atoms with Gasteiger partial charge in [-0.2, -0.15) is 0 Å². The fraction of sp³-hybridized carbons (Fsp3) is 0.222. The Kier molecular flexibility index (Phi) is 2.24. The first-order chi connectivity index (χ1) is 7.20. The van der Waals surface area contributed by atoms with Crippen molar-refractivity contribution in [2.75, 3.05) is 6.61 Å². The molecule has 0 fully saturated rings. The van der Waals surface area contributed by atoms with Crippen LogP contribution in [-0.2, 0) is 4.74 Å². The van der Waals surface area contributed by atoms with Crippen LogP contribution in [0.1, 0.15) is 17.4 Å². The predicted octanol–water partition coefficient (Wildman–Crippen LogP) is 0.797. The first-order valence-electron chi connectivity index (χ1n) is 4.43. The zero-order chi connectivity index (χ0) is 10.8. The minimum Gasteiger partial charge on any atom is -0.461 e. The maximum atomic E-state index is 11.3. The van der Waals surface area contributed by atoms with E-state index in [-0.39, 0.29) is 5.69 Å². The van der Waals surface area contributed by atoms with E-state index in [0.717, 1.165) is 0 Å². The van der Waals surface area contributed by atoms with Gasteiger partial charge in [-0.25, -0.2) is 9.78 Å². The van der Waals surface area contributed by atoms with Gasteiger partial charge in [-0.1, -0.05) is 0 Å².